The van der Waals surface area contributed by atoms with E-state index in [1.807, 2.05) is 6.07 Å². The van der Waals surface area contributed by atoms with Crippen LogP contribution in [-0.4, -0.2) is 47.5 Å². The predicted octanol–water partition coefficient (Wildman–Crippen LogP) is 4.09. The number of pyridine rings is 2. The molecule has 0 bridgehead atoms. The normalized spacial score (nSPS) is 13.2. The highest BCUT2D eigenvalue weighted by molar-refractivity contribution is 5.86. The van der Waals surface area contributed by atoms with Crippen LogP contribution in [0.1, 0.15) is 41.3 Å². The average Bonchev–Trinajstić information content (AvgIpc) is 2.88. The van der Waals surface area contributed by atoms with Crippen LogP contribution in [0, 0.1) is 5.41 Å². The van der Waals surface area contributed by atoms with Crippen molar-refractivity contribution in [1.29, 1.82) is 5.41 Å². The first kappa shape index (κ1) is 24.0. The molecule has 0 amide bonds. The molecule has 0 radical (unpaired) electrons. The number of fused-ring (bicyclic) bond motifs is 1. The van der Waals surface area contributed by atoms with E-state index in [-0.39, 0.29) is 6.42 Å². The summed E-state index contributed by atoms with van der Waals surface area (Å²) in [6.07, 6.45) is 5.51. The van der Waals surface area contributed by atoms with Gasteiger partial charge >= 0.3 is 5.97 Å². The zero-order valence-corrected chi connectivity index (χ0v) is 19.6. The lowest BCUT2D eigenvalue weighted by atomic mass is 10.0. The second-order valence-electron chi connectivity index (χ2n) is 8.26. The molecule has 1 unspecified atom stereocenters. The van der Waals surface area contributed by atoms with E-state index in [0.717, 1.165) is 30.9 Å². The Morgan fingerprint density at radius 1 is 1.29 bits per heavy atom. The van der Waals surface area contributed by atoms with Crippen molar-refractivity contribution in [2.75, 3.05) is 30.9 Å². The molecule has 0 fully saturated rings. The summed E-state index contributed by atoms with van der Waals surface area (Å²) in [7, 11) is 1.52. The zero-order valence-electron chi connectivity index (χ0n) is 19.6. The highest BCUT2D eigenvalue weighted by Crippen LogP contribution is 2.28. The summed E-state index contributed by atoms with van der Waals surface area (Å²) >= 11 is 0. The van der Waals surface area contributed by atoms with E-state index < -0.39 is 12.0 Å². The Morgan fingerprint density at radius 2 is 2.17 bits per heavy atom. The number of aryl methyl sites for hydroxylation is 1. The summed E-state index contributed by atoms with van der Waals surface area (Å²) < 4.78 is 11.0. The van der Waals surface area contributed by atoms with Gasteiger partial charge in [0.05, 0.1) is 26.2 Å². The molecular weight excluding hydrogens is 446 g/mol. The Bertz CT molecular complexity index is 1180. The van der Waals surface area contributed by atoms with Crippen LogP contribution in [0.3, 0.4) is 0 Å². The third kappa shape index (κ3) is 6.26. The van der Waals surface area contributed by atoms with E-state index in [9.17, 15) is 9.90 Å². The molecule has 9 heteroatoms. The minimum atomic E-state index is -0.944. The van der Waals surface area contributed by atoms with Crippen LogP contribution < -0.4 is 20.1 Å². The smallest absolute Gasteiger partial charge is 0.305 e. The Morgan fingerprint density at radius 3 is 2.91 bits per heavy atom. The lowest BCUT2D eigenvalue weighted by Gasteiger charge is -2.20. The molecule has 1 aliphatic heterocycles. The lowest BCUT2D eigenvalue weighted by molar-refractivity contribution is -0.137. The predicted molar refractivity (Wildman–Crippen MR) is 134 cm³/mol. The number of carboxylic acid groups (broad SMARTS) is 1. The number of anilines is 2. The number of aliphatic carboxylic acids is 1. The number of methoxy groups -OCH3 is 1. The highest BCUT2D eigenvalue weighted by atomic mass is 16.5. The first-order valence-corrected chi connectivity index (χ1v) is 11.5. The number of ether oxygens (including phenoxy) is 2. The quantitative estimate of drug-likeness (QED) is 0.305. The van der Waals surface area contributed by atoms with Crippen LogP contribution >= 0.6 is 0 Å². The van der Waals surface area contributed by atoms with Crippen molar-refractivity contribution < 1.29 is 19.4 Å². The summed E-state index contributed by atoms with van der Waals surface area (Å²) in [5.74, 6) is 1.11. The molecule has 1 aliphatic rings. The van der Waals surface area contributed by atoms with Crippen molar-refractivity contribution in [2.45, 2.75) is 31.7 Å². The van der Waals surface area contributed by atoms with E-state index >= 15 is 0 Å². The number of carboxylic acids is 1. The molecule has 0 aliphatic carbocycles. The molecule has 2 aromatic heterocycles. The van der Waals surface area contributed by atoms with E-state index in [0.29, 0.717) is 41.5 Å². The largest absolute Gasteiger partial charge is 0.493 e. The molecule has 0 saturated heterocycles. The van der Waals surface area contributed by atoms with Gasteiger partial charge in [0.15, 0.2) is 0 Å². The van der Waals surface area contributed by atoms with Crippen molar-refractivity contribution in [3.63, 3.8) is 0 Å². The highest BCUT2D eigenvalue weighted by Gasteiger charge is 2.18. The molecule has 0 spiro atoms. The second-order valence-corrected chi connectivity index (χ2v) is 8.26. The van der Waals surface area contributed by atoms with Crippen molar-refractivity contribution in [3.05, 3.63) is 71.0 Å². The first-order valence-electron chi connectivity index (χ1n) is 11.5. The van der Waals surface area contributed by atoms with E-state index in [1.54, 1.807) is 36.5 Å². The SMILES string of the molecule is COc1ccc(C(CC(=O)O)Nc2ccc(OCCc3ccc4c(n3)NCCC4)cc2C=N)cn1. The van der Waals surface area contributed by atoms with Gasteiger partial charge in [0.1, 0.15) is 11.6 Å². The monoisotopic (exact) mass is 475 g/mol. The van der Waals surface area contributed by atoms with Crippen LogP contribution in [0.4, 0.5) is 11.5 Å². The maximum absolute atomic E-state index is 11.5. The maximum atomic E-state index is 11.5. The van der Waals surface area contributed by atoms with Crippen LogP contribution in [0.2, 0.25) is 0 Å². The number of nitrogens with zero attached hydrogens (tertiary/aromatic N) is 2. The molecule has 4 N–H and O–H groups in total. The Kier molecular flexibility index (Phi) is 7.77. The molecule has 9 nitrogen and oxygen atoms in total. The van der Waals surface area contributed by atoms with Gasteiger partial charge in [-0.2, -0.15) is 0 Å². The van der Waals surface area contributed by atoms with Crippen LogP contribution in [0.15, 0.2) is 48.7 Å². The van der Waals surface area contributed by atoms with Gasteiger partial charge in [0.2, 0.25) is 5.88 Å². The Labute approximate surface area is 204 Å². The Hall–Kier alpha value is -4.14. The van der Waals surface area contributed by atoms with Gasteiger partial charge in [-0.25, -0.2) is 9.97 Å². The molecule has 4 rings (SSSR count). The van der Waals surface area contributed by atoms with E-state index in [1.165, 1.54) is 18.9 Å². The van der Waals surface area contributed by atoms with Gasteiger partial charge < -0.3 is 30.6 Å². The topological polar surface area (TPSA) is 129 Å². The molecule has 3 aromatic rings. The van der Waals surface area contributed by atoms with Gasteiger partial charge in [-0.15, -0.1) is 0 Å². The summed E-state index contributed by atoms with van der Waals surface area (Å²) in [5, 5.41) is 23.8. The Balaban J connectivity index is 1.41. The minimum absolute atomic E-state index is 0.146. The summed E-state index contributed by atoms with van der Waals surface area (Å²) in [5.41, 5.74) is 4.16. The molecular formula is C26H29N5O4. The molecule has 1 atom stereocenters. The number of carbonyl (C=O) groups is 1. The standard InChI is InChI=1S/C26H29N5O4/c1-34-24-9-5-18(16-29-24)23(14-25(32)33)31-22-8-7-21(13-19(22)15-27)35-12-10-20-6-4-17-3-2-11-28-26(17)30-20/h4-9,13,15-16,23,27,31H,2-3,10-12,14H2,1H3,(H,28,30)(H,32,33). The summed E-state index contributed by atoms with van der Waals surface area (Å²) in [4.78, 5) is 20.3. The lowest BCUT2D eigenvalue weighted by Crippen LogP contribution is -2.16. The van der Waals surface area contributed by atoms with Gasteiger partial charge in [0.25, 0.3) is 0 Å². The fraction of sp³-hybridized carbons (Fsp3) is 0.308. The fourth-order valence-corrected chi connectivity index (χ4v) is 4.00. The van der Waals surface area contributed by atoms with Crippen LogP contribution in [0.25, 0.3) is 0 Å². The number of aromatic nitrogens is 2. The van der Waals surface area contributed by atoms with Crippen LogP contribution in [0.5, 0.6) is 11.6 Å². The summed E-state index contributed by atoms with van der Waals surface area (Å²) in [6, 6.07) is 12.5. The van der Waals surface area contributed by atoms with Gasteiger partial charge in [0, 0.05) is 48.4 Å². The third-order valence-corrected chi connectivity index (χ3v) is 5.84. The summed E-state index contributed by atoms with van der Waals surface area (Å²) in [6.45, 7) is 1.41. The van der Waals surface area contributed by atoms with Gasteiger partial charge in [-0.3, -0.25) is 4.79 Å². The zero-order chi connectivity index (χ0) is 24.6. The first-order chi connectivity index (χ1) is 17.1. The van der Waals surface area contributed by atoms with Gasteiger partial charge in [-0.05, 0) is 48.2 Å². The minimum Gasteiger partial charge on any atom is -0.493 e. The molecule has 35 heavy (non-hydrogen) atoms. The van der Waals surface area contributed by atoms with E-state index in [2.05, 4.69) is 21.7 Å². The number of nitrogens with one attached hydrogen (secondary N) is 3. The van der Waals surface area contributed by atoms with Crippen molar-refractivity contribution in [2.24, 2.45) is 0 Å². The average molecular weight is 476 g/mol. The van der Waals surface area contributed by atoms with E-state index in [4.69, 9.17) is 19.9 Å². The number of hydrogen-bond donors (Lipinski definition) is 4. The molecule has 1 aromatic carbocycles. The molecule has 0 saturated carbocycles. The molecule has 182 valence electrons. The van der Waals surface area contributed by atoms with Crippen molar-refractivity contribution in [1.82, 2.24) is 9.97 Å². The van der Waals surface area contributed by atoms with Gasteiger partial charge in [-0.1, -0.05) is 12.1 Å². The van der Waals surface area contributed by atoms with Crippen LogP contribution in [-0.2, 0) is 17.6 Å². The third-order valence-electron chi connectivity index (χ3n) is 5.84. The van der Waals surface area contributed by atoms with Crippen molar-refractivity contribution >= 4 is 23.7 Å². The fourth-order valence-electron chi connectivity index (χ4n) is 4.00. The number of benzene rings is 1. The second kappa shape index (κ2) is 11.3. The number of hydrogen-bond acceptors (Lipinski definition) is 8. The molecule has 3 heterocycles. The number of rotatable bonds is 11. The maximum Gasteiger partial charge on any atom is 0.305 e. The van der Waals surface area contributed by atoms with Crippen molar-refractivity contribution in [3.8, 4) is 11.6 Å².